The first kappa shape index (κ1) is 16.0. The highest BCUT2D eigenvalue weighted by Gasteiger charge is 2.18. The average Bonchev–Trinajstić information content (AvgIpc) is 2.35. The molecule has 1 amide bonds. The molecular weight excluding hydrogens is 258 g/mol. The van der Waals surface area contributed by atoms with Crippen LogP contribution in [-0.4, -0.2) is 24.8 Å². The number of alkyl carbamates (subject to hydrolysis) is 1. The van der Waals surface area contributed by atoms with Crippen molar-refractivity contribution in [3.05, 3.63) is 35.4 Å². The van der Waals surface area contributed by atoms with Crippen LogP contribution in [0, 0.1) is 0 Å². The molecule has 1 unspecified atom stereocenters. The second-order valence-corrected chi connectivity index (χ2v) is 5.48. The van der Waals surface area contributed by atoms with E-state index in [1.165, 1.54) is 7.11 Å². The Kier molecular flexibility index (Phi) is 5.13. The lowest BCUT2D eigenvalue weighted by atomic mass is 10.1. The molecule has 0 bridgehead atoms. The molecule has 5 nitrogen and oxygen atoms in total. The van der Waals surface area contributed by atoms with Crippen LogP contribution in [0.15, 0.2) is 24.3 Å². The monoisotopic (exact) mass is 279 g/mol. The van der Waals surface area contributed by atoms with E-state index in [1.807, 2.05) is 27.7 Å². The van der Waals surface area contributed by atoms with Gasteiger partial charge in [-0.3, -0.25) is 0 Å². The zero-order chi connectivity index (χ0) is 15.3. The summed E-state index contributed by atoms with van der Waals surface area (Å²) in [6.45, 7) is 7.27. The normalized spacial score (nSPS) is 12.4. The van der Waals surface area contributed by atoms with Crippen LogP contribution in [0.25, 0.3) is 0 Å². The van der Waals surface area contributed by atoms with Gasteiger partial charge in [-0.2, -0.15) is 0 Å². The predicted molar refractivity (Wildman–Crippen MR) is 75.6 cm³/mol. The SMILES string of the molecule is COC(=O)c1ccc(C(C)NC(=O)OC(C)(C)C)cc1. The van der Waals surface area contributed by atoms with Gasteiger partial charge < -0.3 is 14.8 Å². The molecule has 0 aliphatic carbocycles. The number of amides is 1. The number of esters is 1. The van der Waals surface area contributed by atoms with Gasteiger partial charge in [0.05, 0.1) is 18.7 Å². The third kappa shape index (κ3) is 4.91. The van der Waals surface area contributed by atoms with Crippen LogP contribution < -0.4 is 5.32 Å². The van der Waals surface area contributed by atoms with Crippen LogP contribution in [0.2, 0.25) is 0 Å². The van der Waals surface area contributed by atoms with Crippen molar-refractivity contribution in [1.82, 2.24) is 5.32 Å². The van der Waals surface area contributed by atoms with Crippen molar-refractivity contribution < 1.29 is 19.1 Å². The predicted octanol–water partition coefficient (Wildman–Crippen LogP) is 3.06. The first-order chi connectivity index (χ1) is 9.23. The summed E-state index contributed by atoms with van der Waals surface area (Å²) in [6, 6.07) is 6.65. The number of ether oxygens (including phenoxy) is 2. The third-order valence-electron chi connectivity index (χ3n) is 2.57. The summed E-state index contributed by atoms with van der Waals surface area (Å²) >= 11 is 0. The number of hydrogen-bond acceptors (Lipinski definition) is 4. The number of methoxy groups -OCH3 is 1. The molecule has 1 aromatic carbocycles. The van der Waals surface area contributed by atoms with Crippen molar-refractivity contribution in [3.63, 3.8) is 0 Å². The summed E-state index contributed by atoms with van der Waals surface area (Å²) in [5.41, 5.74) is 0.822. The first-order valence-corrected chi connectivity index (χ1v) is 6.40. The molecule has 110 valence electrons. The van der Waals surface area contributed by atoms with Gasteiger partial charge in [0.2, 0.25) is 0 Å². The Hall–Kier alpha value is -2.04. The second-order valence-electron chi connectivity index (χ2n) is 5.48. The van der Waals surface area contributed by atoms with E-state index in [4.69, 9.17) is 4.74 Å². The summed E-state index contributed by atoms with van der Waals surface area (Å²) in [7, 11) is 1.34. The number of carbonyl (C=O) groups excluding carboxylic acids is 2. The number of rotatable bonds is 3. The van der Waals surface area contributed by atoms with Gasteiger partial charge in [0, 0.05) is 0 Å². The van der Waals surface area contributed by atoms with Gasteiger partial charge in [-0.15, -0.1) is 0 Å². The second kappa shape index (κ2) is 6.41. The number of nitrogens with one attached hydrogen (secondary N) is 1. The van der Waals surface area contributed by atoms with E-state index in [9.17, 15) is 9.59 Å². The van der Waals surface area contributed by atoms with Gasteiger partial charge in [-0.05, 0) is 45.4 Å². The highest BCUT2D eigenvalue weighted by atomic mass is 16.6. The van der Waals surface area contributed by atoms with Gasteiger partial charge in [-0.1, -0.05) is 12.1 Å². The molecule has 5 heteroatoms. The maximum Gasteiger partial charge on any atom is 0.408 e. The van der Waals surface area contributed by atoms with Crippen LogP contribution in [0.3, 0.4) is 0 Å². The van der Waals surface area contributed by atoms with Gasteiger partial charge in [0.15, 0.2) is 0 Å². The van der Waals surface area contributed by atoms with Crippen LogP contribution in [0.4, 0.5) is 4.79 Å². The number of carbonyl (C=O) groups is 2. The Morgan fingerprint density at radius 1 is 1.15 bits per heavy atom. The van der Waals surface area contributed by atoms with Gasteiger partial charge in [0.1, 0.15) is 5.60 Å². The minimum absolute atomic E-state index is 0.212. The van der Waals surface area contributed by atoms with Crippen molar-refractivity contribution in [2.24, 2.45) is 0 Å². The minimum Gasteiger partial charge on any atom is -0.465 e. The van der Waals surface area contributed by atoms with E-state index in [-0.39, 0.29) is 12.0 Å². The standard InChI is InChI=1S/C15H21NO4/c1-10(16-14(18)20-15(2,3)4)11-6-8-12(9-7-11)13(17)19-5/h6-10H,1-5H3,(H,16,18). The van der Waals surface area contributed by atoms with E-state index in [0.29, 0.717) is 5.56 Å². The van der Waals surface area contributed by atoms with Crippen LogP contribution in [0.1, 0.15) is 49.7 Å². The quantitative estimate of drug-likeness (QED) is 0.864. The van der Waals surface area contributed by atoms with E-state index >= 15 is 0 Å². The Morgan fingerprint density at radius 2 is 1.70 bits per heavy atom. The largest absolute Gasteiger partial charge is 0.465 e. The molecule has 0 fully saturated rings. The summed E-state index contributed by atoms with van der Waals surface area (Å²) < 4.78 is 9.81. The molecule has 0 saturated heterocycles. The molecule has 0 spiro atoms. The van der Waals surface area contributed by atoms with E-state index in [1.54, 1.807) is 24.3 Å². The molecule has 0 heterocycles. The average molecular weight is 279 g/mol. The van der Waals surface area contributed by atoms with Crippen molar-refractivity contribution >= 4 is 12.1 Å². The lowest BCUT2D eigenvalue weighted by Crippen LogP contribution is -2.34. The van der Waals surface area contributed by atoms with E-state index < -0.39 is 11.7 Å². The van der Waals surface area contributed by atoms with Crippen molar-refractivity contribution in [2.45, 2.75) is 39.3 Å². The van der Waals surface area contributed by atoms with E-state index in [2.05, 4.69) is 10.1 Å². The molecule has 1 atom stereocenters. The fourth-order valence-corrected chi connectivity index (χ4v) is 1.59. The molecule has 0 aromatic heterocycles. The highest BCUT2D eigenvalue weighted by Crippen LogP contribution is 2.15. The topological polar surface area (TPSA) is 64.6 Å². The van der Waals surface area contributed by atoms with Gasteiger partial charge in [0.25, 0.3) is 0 Å². The van der Waals surface area contributed by atoms with Crippen LogP contribution in [-0.2, 0) is 9.47 Å². The molecule has 0 aliphatic heterocycles. The molecule has 20 heavy (non-hydrogen) atoms. The summed E-state index contributed by atoms with van der Waals surface area (Å²) in [6.07, 6.45) is -0.470. The Balaban J connectivity index is 2.66. The fourth-order valence-electron chi connectivity index (χ4n) is 1.59. The summed E-state index contributed by atoms with van der Waals surface area (Å²) in [4.78, 5) is 23.0. The molecular formula is C15H21NO4. The van der Waals surface area contributed by atoms with Crippen molar-refractivity contribution in [3.8, 4) is 0 Å². The zero-order valence-electron chi connectivity index (χ0n) is 12.5. The molecule has 1 aromatic rings. The molecule has 0 aliphatic rings. The Labute approximate surface area is 119 Å². The molecule has 0 radical (unpaired) electrons. The summed E-state index contributed by atoms with van der Waals surface area (Å²) in [5, 5.41) is 2.74. The maximum absolute atomic E-state index is 11.7. The highest BCUT2D eigenvalue weighted by molar-refractivity contribution is 5.89. The minimum atomic E-state index is -0.529. The lowest BCUT2D eigenvalue weighted by Gasteiger charge is -2.22. The third-order valence-corrected chi connectivity index (χ3v) is 2.57. The maximum atomic E-state index is 11.7. The molecule has 1 rings (SSSR count). The smallest absolute Gasteiger partial charge is 0.408 e. The van der Waals surface area contributed by atoms with Crippen LogP contribution >= 0.6 is 0 Å². The van der Waals surface area contributed by atoms with E-state index in [0.717, 1.165) is 5.56 Å². The molecule has 1 N–H and O–H groups in total. The number of hydrogen-bond donors (Lipinski definition) is 1. The summed E-state index contributed by atoms with van der Waals surface area (Å²) in [5.74, 6) is -0.385. The van der Waals surface area contributed by atoms with Gasteiger partial charge >= 0.3 is 12.1 Å². The fraction of sp³-hybridized carbons (Fsp3) is 0.467. The Bertz CT molecular complexity index is 474. The first-order valence-electron chi connectivity index (χ1n) is 6.40. The van der Waals surface area contributed by atoms with Crippen LogP contribution in [0.5, 0.6) is 0 Å². The Morgan fingerprint density at radius 3 is 2.15 bits per heavy atom. The van der Waals surface area contributed by atoms with Crippen molar-refractivity contribution in [2.75, 3.05) is 7.11 Å². The number of benzene rings is 1. The zero-order valence-corrected chi connectivity index (χ0v) is 12.5. The van der Waals surface area contributed by atoms with Crippen molar-refractivity contribution in [1.29, 1.82) is 0 Å². The van der Waals surface area contributed by atoms with Gasteiger partial charge in [-0.25, -0.2) is 9.59 Å². The molecule has 0 saturated carbocycles. The lowest BCUT2D eigenvalue weighted by molar-refractivity contribution is 0.0506.